The number of nitrogens with zero attached hydrogens (tertiary/aromatic N) is 2. The molecule has 3 heterocycles. The zero-order valence-electron chi connectivity index (χ0n) is 13.7. The zero-order valence-corrected chi connectivity index (χ0v) is 14.6. The Balaban J connectivity index is 1.38. The van der Waals surface area contributed by atoms with Crippen molar-refractivity contribution in [2.45, 2.75) is 41.9 Å². The molecule has 0 aliphatic carbocycles. The van der Waals surface area contributed by atoms with Gasteiger partial charge in [0.05, 0.1) is 10.9 Å². The summed E-state index contributed by atoms with van der Waals surface area (Å²) in [5.74, 6) is 0.0654. The number of hydrogen-bond donors (Lipinski definition) is 1. The number of piperazine rings is 1. The molecule has 5 nitrogen and oxygen atoms in total. The Kier molecular flexibility index (Phi) is 4.50. The Bertz CT molecular complexity index is 651. The van der Waals surface area contributed by atoms with Crippen LogP contribution in [-0.4, -0.2) is 59.1 Å². The number of hydrogen-bond acceptors (Lipinski definition) is 4. The molecule has 3 aliphatic heterocycles. The van der Waals surface area contributed by atoms with Crippen LogP contribution in [0.3, 0.4) is 0 Å². The lowest BCUT2D eigenvalue weighted by Crippen LogP contribution is -2.56. The first-order chi connectivity index (χ1) is 11.7. The fraction of sp³-hybridized carbons (Fsp3) is 0.556. The fourth-order valence-electron chi connectivity index (χ4n) is 3.90. The monoisotopic (exact) mass is 345 g/mol. The molecule has 0 unspecified atom stereocenters. The van der Waals surface area contributed by atoms with E-state index in [1.807, 2.05) is 29.2 Å². The van der Waals surface area contributed by atoms with E-state index in [1.165, 1.54) is 37.6 Å². The number of fused-ring (bicyclic) bond motifs is 2. The molecule has 3 aliphatic rings. The molecule has 6 heteroatoms. The van der Waals surface area contributed by atoms with Crippen molar-refractivity contribution in [3.63, 3.8) is 0 Å². The molecule has 0 radical (unpaired) electrons. The van der Waals surface area contributed by atoms with E-state index < -0.39 is 0 Å². The summed E-state index contributed by atoms with van der Waals surface area (Å²) >= 11 is 1.51. The standard InChI is InChI=1S/C18H23N3O2S/c22-17(21-10-9-20-8-4-3-5-13(20)12-21)11-16-18(23)19-14-6-1-2-7-15(14)24-16/h1-2,6-7,13,16H,3-5,8-12H2,(H,19,23)/t13-,16+/m1/s1. The predicted molar refractivity (Wildman–Crippen MR) is 95.1 cm³/mol. The number of thioether (sulfide) groups is 1. The highest BCUT2D eigenvalue weighted by Crippen LogP contribution is 2.37. The second kappa shape index (κ2) is 6.76. The molecule has 0 spiro atoms. The number of para-hydroxylation sites is 1. The number of benzene rings is 1. The van der Waals surface area contributed by atoms with Gasteiger partial charge in [-0.25, -0.2) is 0 Å². The summed E-state index contributed by atoms with van der Waals surface area (Å²) in [6.45, 7) is 3.77. The van der Waals surface area contributed by atoms with E-state index in [-0.39, 0.29) is 23.5 Å². The van der Waals surface area contributed by atoms with Gasteiger partial charge in [0, 0.05) is 37.0 Å². The van der Waals surface area contributed by atoms with E-state index in [0.29, 0.717) is 6.04 Å². The van der Waals surface area contributed by atoms with Gasteiger partial charge in [0.15, 0.2) is 0 Å². The number of amides is 2. The minimum Gasteiger partial charge on any atom is -0.340 e. The first-order valence-corrected chi connectivity index (χ1v) is 9.67. The molecular formula is C18H23N3O2S. The molecule has 2 fully saturated rings. The highest BCUT2D eigenvalue weighted by molar-refractivity contribution is 8.01. The number of piperidine rings is 1. The molecule has 128 valence electrons. The van der Waals surface area contributed by atoms with Crippen LogP contribution in [0, 0.1) is 0 Å². The maximum Gasteiger partial charge on any atom is 0.238 e. The molecule has 0 aromatic heterocycles. The van der Waals surface area contributed by atoms with Crippen LogP contribution in [0.1, 0.15) is 25.7 Å². The maximum absolute atomic E-state index is 12.7. The Morgan fingerprint density at radius 1 is 1.21 bits per heavy atom. The molecule has 2 saturated heterocycles. The summed E-state index contributed by atoms with van der Waals surface area (Å²) in [7, 11) is 0. The highest BCUT2D eigenvalue weighted by atomic mass is 32.2. The average molecular weight is 345 g/mol. The summed E-state index contributed by atoms with van der Waals surface area (Å²) in [6, 6.07) is 8.29. The Labute approximate surface area is 146 Å². The molecule has 2 amide bonds. The van der Waals surface area contributed by atoms with Crippen LogP contribution in [0.15, 0.2) is 29.2 Å². The lowest BCUT2D eigenvalue weighted by atomic mass is 9.99. The van der Waals surface area contributed by atoms with Crippen LogP contribution < -0.4 is 5.32 Å². The van der Waals surface area contributed by atoms with E-state index in [2.05, 4.69) is 10.2 Å². The van der Waals surface area contributed by atoms with E-state index in [0.717, 1.165) is 30.2 Å². The van der Waals surface area contributed by atoms with Gasteiger partial charge in [0.2, 0.25) is 11.8 Å². The minimum absolute atomic E-state index is 0.0525. The predicted octanol–water partition coefficient (Wildman–Crippen LogP) is 2.19. The molecule has 0 saturated carbocycles. The molecule has 1 aromatic rings. The van der Waals surface area contributed by atoms with Gasteiger partial charge >= 0.3 is 0 Å². The Morgan fingerprint density at radius 3 is 3.00 bits per heavy atom. The quantitative estimate of drug-likeness (QED) is 0.893. The number of carbonyl (C=O) groups is 2. The van der Waals surface area contributed by atoms with Gasteiger partial charge in [-0.2, -0.15) is 0 Å². The van der Waals surface area contributed by atoms with Crippen molar-refractivity contribution in [2.24, 2.45) is 0 Å². The normalized spacial score (nSPS) is 27.2. The summed E-state index contributed by atoms with van der Waals surface area (Å²) in [5, 5.41) is 2.60. The molecular weight excluding hydrogens is 322 g/mol. The molecule has 2 atom stereocenters. The largest absolute Gasteiger partial charge is 0.340 e. The summed E-state index contributed by atoms with van der Waals surface area (Å²) < 4.78 is 0. The average Bonchev–Trinajstić information content (AvgIpc) is 2.62. The lowest BCUT2D eigenvalue weighted by Gasteiger charge is -2.44. The van der Waals surface area contributed by atoms with E-state index in [9.17, 15) is 9.59 Å². The van der Waals surface area contributed by atoms with Crippen LogP contribution in [0.4, 0.5) is 5.69 Å². The van der Waals surface area contributed by atoms with Gasteiger partial charge in [-0.15, -0.1) is 11.8 Å². The van der Waals surface area contributed by atoms with Crippen molar-refractivity contribution in [1.29, 1.82) is 0 Å². The van der Waals surface area contributed by atoms with Gasteiger partial charge in [-0.3, -0.25) is 14.5 Å². The van der Waals surface area contributed by atoms with E-state index in [1.54, 1.807) is 0 Å². The van der Waals surface area contributed by atoms with Crippen molar-refractivity contribution in [2.75, 3.05) is 31.5 Å². The number of carbonyl (C=O) groups excluding carboxylic acids is 2. The number of anilines is 1. The van der Waals surface area contributed by atoms with Crippen molar-refractivity contribution in [1.82, 2.24) is 9.80 Å². The summed E-state index contributed by atoms with van der Waals surface area (Å²) in [4.78, 5) is 30.5. The van der Waals surface area contributed by atoms with Gasteiger partial charge in [0.1, 0.15) is 0 Å². The minimum atomic E-state index is -0.322. The van der Waals surface area contributed by atoms with E-state index >= 15 is 0 Å². The van der Waals surface area contributed by atoms with Gasteiger partial charge in [-0.1, -0.05) is 18.6 Å². The van der Waals surface area contributed by atoms with Crippen LogP contribution in [0.25, 0.3) is 0 Å². The Hall–Kier alpha value is -1.53. The van der Waals surface area contributed by atoms with E-state index in [4.69, 9.17) is 0 Å². The third kappa shape index (κ3) is 3.17. The second-order valence-electron chi connectivity index (χ2n) is 6.82. The van der Waals surface area contributed by atoms with Gasteiger partial charge < -0.3 is 10.2 Å². The van der Waals surface area contributed by atoms with Crippen molar-refractivity contribution < 1.29 is 9.59 Å². The van der Waals surface area contributed by atoms with Gasteiger partial charge in [-0.05, 0) is 31.5 Å². The number of rotatable bonds is 2. The smallest absolute Gasteiger partial charge is 0.238 e. The molecule has 24 heavy (non-hydrogen) atoms. The van der Waals surface area contributed by atoms with Crippen LogP contribution >= 0.6 is 11.8 Å². The summed E-state index contributed by atoms with van der Waals surface area (Å²) in [6.07, 6.45) is 4.02. The first-order valence-electron chi connectivity index (χ1n) is 8.79. The second-order valence-corrected chi connectivity index (χ2v) is 8.07. The highest BCUT2D eigenvalue weighted by Gasteiger charge is 2.34. The lowest BCUT2D eigenvalue weighted by molar-refractivity contribution is -0.135. The maximum atomic E-state index is 12.7. The molecule has 1 aromatic carbocycles. The summed E-state index contributed by atoms with van der Waals surface area (Å²) in [5.41, 5.74) is 0.854. The topological polar surface area (TPSA) is 52.7 Å². The van der Waals surface area contributed by atoms with Crippen LogP contribution in [0.2, 0.25) is 0 Å². The van der Waals surface area contributed by atoms with Crippen molar-refractivity contribution in [3.8, 4) is 0 Å². The third-order valence-electron chi connectivity index (χ3n) is 5.26. The number of nitrogens with one attached hydrogen (secondary N) is 1. The first kappa shape index (κ1) is 16.0. The molecule has 1 N–H and O–H groups in total. The fourth-order valence-corrected chi connectivity index (χ4v) is 5.00. The molecule has 0 bridgehead atoms. The molecule has 4 rings (SSSR count). The van der Waals surface area contributed by atoms with Gasteiger partial charge in [0.25, 0.3) is 0 Å². The SMILES string of the molecule is O=C1Nc2ccccc2S[C@H]1CC(=O)N1CCN2CCCC[C@@H]2C1. The van der Waals surface area contributed by atoms with Crippen LogP contribution in [0.5, 0.6) is 0 Å². The van der Waals surface area contributed by atoms with Crippen molar-refractivity contribution in [3.05, 3.63) is 24.3 Å². The Morgan fingerprint density at radius 2 is 2.08 bits per heavy atom. The zero-order chi connectivity index (χ0) is 16.5. The third-order valence-corrected chi connectivity index (χ3v) is 6.53. The van der Waals surface area contributed by atoms with Crippen molar-refractivity contribution >= 4 is 29.3 Å². The van der Waals surface area contributed by atoms with Crippen LogP contribution in [-0.2, 0) is 9.59 Å².